The van der Waals surface area contributed by atoms with Gasteiger partial charge < -0.3 is 15.7 Å². The van der Waals surface area contributed by atoms with E-state index in [4.69, 9.17) is 5.11 Å². The highest BCUT2D eigenvalue weighted by Crippen LogP contribution is 2.33. The number of carbonyl (C=O) groups excluding carboxylic acids is 3. The number of hydrogen-bond donors (Lipinski definition) is 3. The molecule has 0 bridgehead atoms. The summed E-state index contributed by atoms with van der Waals surface area (Å²) in [6, 6.07) is 7.94. The van der Waals surface area contributed by atoms with Crippen molar-refractivity contribution in [3.63, 3.8) is 0 Å². The Bertz CT molecular complexity index is 760. The fraction of sp³-hybridized carbons (Fsp3) is 0.500. The molecule has 0 spiro atoms. The Morgan fingerprint density at radius 2 is 1.82 bits per heavy atom. The first-order chi connectivity index (χ1) is 13.4. The highest BCUT2D eigenvalue weighted by atomic mass is 16.4. The van der Waals surface area contributed by atoms with E-state index in [-0.39, 0.29) is 31.3 Å². The molecule has 8 nitrogen and oxygen atoms in total. The minimum Gasteiger partial charge on any atom is -0.481 e. The Morgan fingerprint density at radius 3 is 2.46 bits per heavy atom. The lowest BCUT2D eigenvalue weighted by Crippen LogP contribution is -2.47. The zero-order valence-electron chi connectivity index (χ0n) is 15.6. The highest BCUT2D eigenvalue weighted by Gasteiger charge is 2.52. The van der Waals surface area contributed by atoms with E-state index in [1.54, 1.807) is 30.3 Å². The molecule has 1 aromatic carbocycles. The summed E-state index contributed by atoms with van der Waals surface area (Å²) in [6.45, 7) is -0.372. The first-order valence-electron chi connectivity index (χ1n) is 9.63. The molecule has 2 aliphatic rings. The van der Waals surface area contributed by atoms with Crippen LogP contribution in [0, 0.1) is 0 Å². The molecule has 0 unspecified atom stereocenters. The number of benzene rings is 1. The normalized spacial score (nSPS) is 22.8. The minimum atomic E-state index is -1.47. The van der Waals surface area contributed by atoms with Gasteiger partial charge in [0.15, 0.2) is 0 Å². The van der Waals surface area contributed by atoms with Gasteiger partial charge in [-0.3, -0.25) is 19.3 Å². The predicted molar refractivity (Wildman–Crippen MR) is 100 cm³/mol. The number of nitrogens with zero attached hydrogens (tertiary/aromatic N) is 1. The Morgan fingerprint density at radius 1 is 1.14 bits per heavy atom. The first-order valence-corrected chi connectivity index (χ1v) is 9.63. The average Bonchev–Trinajstić information content (AvgIpc) is 2.93. The summed E-state index contributed by atoms with van der Waals surface area (Å²) in [5.41, 5.74) is -0.966. The van der Waals surface area contributed by atoms with Crippen LogP contribution in [0.2, 0.25) is 0 Å². The molecular formula is C20H25N3O5. The van der Waals surface area contributed by atoms with Crippen molar-refractivity contribution in [1.29, 1.82) is 0 Å². The maximum Gasteiger partial charge on any atom is 0.325 e. The molecule has 8 heteroatoms. The molecule has 150 valence electrons. The van der Waals surface area contributed by atoms with E-state index >= 15 is 0 Å². The molecule has 1 atom stereocenters. The van der Waals surface area contributed by atoms with Gasteiger partial charge in [0, 0.05) is 12.5 Å². The van der Waals surface area contributed by atoms with Crippen molar-refractivity contribution in [2.45, 2.75) is 56.5 Å². The average molecular weight is 387 g/mol. The highest BCUT2D eigenvalue weighted by molar-refractivity contribution is 6.09. The molecule has 1 aliphatic carbocycles. The zero-order valence-corrected chi connectivity index (χ0v) is 15.6. The van der Waals surface area contributed by atoms with Crippen LogP contribution in [0.5, 0.6) is 0 Å². The van der Waals surface area contributed by atoms with Crippen molar-refractivity contribution < 1.29 is 24.3 Å². The third kappa shape index (κ3) is 4.16. The smallest absolute Gasteiger partial charge is 0.325 e. The number of rotatable bonds is 7. The molecule has 1 saturated carbocycles. The molecule has 1 aliphatic heterocycles. The topological polar surface area (TPSA) is 116 Å². The van der Waals surface area contributed by atoms with Crippen LogP contribution in [0.25, 0.3) is 0 Å². The minimum absolute atomic E-state index is 0.0768. The first kappa shape index (κ1) is 19.9. The molecule has 4 amide bonds. The van der Waals surface area contributed by atoms with E-state index in [1.165, 1.54) is 0 Å². The van der Waals surface area contributed by atoms with Crippen molar-refractivity contribution >= 4 is 23.8 Å². The number of carbonyl (C=O) groups is 4. The molecule has 1 heterocycles. The summed E-state index contributed by atoms with van der Waals surface area (Å²) in [5.74, 6) is -2.04. The number of nitrogens with one attached hydrogen (secondary N) is 2. The summed E-state index contributed by atoms with van der Waals surface area (Å²) in [7, 11) is 0. The van der Waals surface area contributed by atoms with Crippen molar-refractivity contribution in [3.8, 4) is 0 Å². The molecular weight excluding hydrogens is 362 g/mol. The van der Waals surface area contributed by atoms with Crippen LogP contribution in [-0.4, -0.2) is 46.4 Å². The third-order valence-corrected chi connectivity index (χ3v) is 5.43. The Labute approximate surface area is 163 Å². The number of carboxylic acids is 1. The number of carboxylic acid groups (broad SMARTS) is 1. The van der Waals surface area contributed by atoms with Gasteiger partial charge in [-0.1, -0.05) is 49.6 Å². The zero-order chi connectivity index (χ0) is 20.1. The van der Waals surface area contributed by atoms with Crippen molar-refractivity contribution in [2.75, 3.05) is 6.54 Å². The molecule has 1 saturated heterocycles. The van der Waals surface area contributed by atoms with Crippen LogP contribution in [0.1, 0.15) is 50.5 Å². The molecule has 3 N–H and O–H groups in total. The fourth-order valence-corrected chi connectivity index (χ4v) is 3.96. The van der Waals surface area contributed by atoms with E-state index < -0.39 is 23.4 Å². The molecule has 0 radical (unpaired) electrons. The van der Waals surface area contributed by atoms with Crippen molar-refractivity contribution in [3.05, 3.63) is 35.9 Å². The summed E-state index contributed by atoms with van der Waals surface area (Å²) in [6.07, 6.45) is 4.70. The number of hydrogen-bond acceptors (Lipinski definition) is 4. The SMILES string of the molecule is O=C(O)CC[C@]1(c2ccccc2)NC(=O)N(CC(=O)NC2CCCCC2)C1=O. The van der Waals surface area contributed by atoms with Gasteiger partial charge in [0.2, 0.25) is 5.91 Å². The lowest BCUT2D eigenvalue weighted by atomic mass is 9.85. The van der Waals surface area contributed by atoms with E-state index in [0.717, 1.165) is 37.0 Å². The van der Waals surface area contributed by atoms with Gasteiger partial charge in [-0.05, 0) is 24.8 Å². The van der Waals surface area contributed by atoms with Gasteiger partial charge in [-0.25, -0.2) is 4.79 Å². The standard InChI is InChI=1S/C20H25N3O5/c24-16(21-15-9-5-2-6-10-15)13-23-18(27)20(22-19(23)28,12-11-17(25)26)14-7-3-1-4-8-14/h1,3-4,7-8,15H,2,5-6,9-13H2,(H,21,24)(H,22,28)(H,25,26)/t20-/m1/s1. The molecule has 3 rings (SSSR count). The van der Waals surface area contributed by atoms with Crippen molar-refractivity contribution in [1.82, 2.24) is 15.5 Å². The fourth-order valence-electron chi connectivity index (χ4n) is 3.96. The largest absolute Gasteiger partial charge is 0.481 e. The van der Waals surface area contributed by atoms with E-state index in [2.05, 4.69) is 10.6 Å². The molecule has 2 fully saturated rings. The Hall–Kier alpha value is -2.90. The maximum atomic E-state index is 13.1. The van der Waals surface area contributed by atoms with Crippen LogP contribution < -0.4 is 10.6 Å². The van der Waals surface area contributed by atoms with Gasteiger partial charge in [0.25, 0.3) is 5.91 Å². The van der Waals surface area contributed by atoms with Gasteiger partial charge in [0.1, 0.15) is 12.1 Å². The van der Waals surface area contributed by atoms with Gasteiger partial charge >= 0.3 is 12.0 Å². The maximum absolute atomic E-state index is 13.1. The third-order valence-electron chi connectivity index (χ3n) is 5.43. The molecule has 0 aromatic heterocycles. The van der Waals surface area contributed by atoms with Crippen LogP contribution in [-0.2, 0) is 19.9 Å². The summed E-state index contributed by atoms with van der Waals surface area (Å²) >= 11 is 0. The van der Waals surface area contributed by atoms with E-state index in [1.807, 2.05) is 0 Å². The lowest BCUT2D eigenvalue weighted by Gasteiger charge is -2.27. The quantitative estimate of drug-likeness (QED) is 0.617. The second-order valence-electron chi connectivity index (χ2n) is 7.39. The summed E-state index contributed by atoms with van der Waals surface area (Å²) in [5, 5.41) is 14.6. The van der Waals surface area contributed by atoms with Crippen molar-refractivity contribution in [2.24, 2.45) is 0 Å². The number of aliphatic carboxylic acids is 1. The number of urea groups is 1. The van der Waals surface area contributed by atoms with E-state index in [0.29, 0.717) is 5.56 Å². The van der Waals surface area contributed by atoms with Gasteiger partial charge in [0.05, 0.1) is 0 Å². The van der Waals surface area contributed by atoms with Crippen LogP contribution >= 0.6 is 0 Å². The summed E-state index contributed by atoms with van der Waals surface area (Å²) < 4.78 is 0. The second-order valence-corrected chi connectivity index (χ2v) is 7.39. The second kappa shape index (κ2) is 8.41. The molecule has 28 heavy (non-hydrogen) atoms. The number of amides is 4. The van der Waals surface area contributed by atoms with Gasteiger partial charge in [-0.2, -0.15) is 0 Å². The number of imide groups is 1. The monoisotopic (exact) mass is 387 g/mol. The van der Waals surface area contributed by atoms with Crippen LogP contribution in [0.4, 0.5) is 4.79 Å². The van der Waals surface area contributed by atoms with Crippen LogP contribution in [0.15, 0.2) is 30.3 Å². The summed E-state index contributed by atoms with van der Waals surface area (Å²) in [4.78, 5) is 50.0. The Balaban J connectivity index is 1.76. The Kier molecular flexibility index (Phi) is 5.96. The van der Waals surface area contributed by atoms with Crippen LogP contribution in [0.3, 0.4) is 0 Å². The predicted octanol–water partition coefficient (Wildman–Crippen LogP) is 1.75. The van der Waals surface area contributed by atoms with E-state index in [9.17, 15) is 19.2 Å². The lowest BCUT2D eigenvalue weighted by molar-refractivity contribution is -0.139. The molecule has 1 aromatic rings. The van der Waals surface area contributed by atoms with Gasteiger partial charge in [-0.15, -0.1) is 0 Å².